The summed E-state index contributed by atoms with van der Waals surface area (Å²) in [7, 11) is -3.65. The van der Waals surface area contributed by atoms with Crippen LogP contribution in [0.1, 0.15) is 54.8 Å². The van der Waals surface area contributed by atoms with Crippen molar-refractivity contribution in [3.63, 3.8) is 0 Å². The number of hydrogen-bond donors (Lipinski definition) is 1. The molecule has 0 bridgehead atoms. The molecule has 0 spiro atoms. The third-order valence-electron chi connectivity index (χ3n) is 6.56. The first-order chi connectivity index (χ1) is 18.3. The molecule has 0 saturated carbocycles. The molecule has 38 heavy (non-hydrogen) atoms. The minimum Gasteiger partial charge on any atom is -0.441 e. The van der Waals surface area contributed by atoms with Gasteiger partial charge in [-0.15, -0.1) is 0 Å². The zero-order chi connectivity index (χ0) is 27.0. The van der Waals surface area contributed by atoms with E-state index in [1.807, 2.05) is 68.4 Å². The number of unbranched alkanes of at least 4 members (excludes halogenated alkanes) is 1. The third-order valence-corrected chi connectivity index (χ3v) is 7.90. The topological polar surface area (TPSA) is 94.2 Å². The summed E-state index contributed by atoms with van der Waals surface area (Å²) in [6, 6.07) is 21.1. The van der Waals surface area contributed by atoms with E-state index in [4.69, 9.17) is 9.40 Å². The molecule has 0 fully saturated rings. The second kappa shape index (κ2) is 12.7. The van der Waals surface area contributed by atoms with Crippen molar-refractivity contribution in [2.45, 2.75) is 58.4 Å². The van der Waals surface area contributed by atoms with Crippen molar-refractivity contribution in [3.8, 4) is 11.5 Å². The van der Waals surface area contributed by atoms with Gasteiger partial charge < -0.3 is 8.98 Å². The number of nitrogens with zero attached hydrogens (tertiary/aromatic N) is 2. The molecule has 2 heterocycles. The molecule has 7 nitrogen and oxygen atoms in total. The van der Waals surface area contributed by atoms with Gasteiger partial charge in [-0.1, -0.05) is 55.8 Å². The first kappa shape index (κ1) is 27.4. The molecule has 0 aliphatic carbocycles. The van der Waals surface area contributed by atoms with Gasteiger partial charge in [-0.05, 0) is 68.0 Å². The molecule has 1 N–H and O–H groups in total. The summed E-state index contributed by atoms with van der Waals surface area (Å²) < 4.78 is 34.5. The summed E-state index contributed by atoms with van der Waals surface area (Å²) >= 11 is 0. The SMILES string of the molecule is CCCCS(=O)(=O)NC(=O)C(Cc1ccc(CCCc2nc(-c3ccccc3)oc2C)cc1)n1cccc1. The zero-order valence-electron chi connectivity index (χ0n) is 22.0. The minimum atomic E-state index is -3.65. The van der Waals surface area contributed by atoms with Gasteiger partial charge in [0, 0.05) is 24.4 Å². The molecule has 0 aliphatic heterocycles. The lowest BCUT2D eigenvalue weighted by Gasteiger charge is -2.19. The molecule has 8 heteroatoms. The van der Waals surface area contributed by atoms with Crippen LogP contribution in [-0.2, 0) is 34.1 Å². The highest BCUT2D eigenvalue weighted by molar-refractivity contribution is 7.90. The van der Waals surface area contributed by atoms with E-state index < -0.39 is 22.0 Å². The van der Waals surface area contributed by atoms with Gasteiger partial charge in [-0.2, -0.15) is 0 Å². The number of carbonyl (C=O) groups excluding carboxylic acids is 1. The first-order valence-corrected chi connectivity index (χ1v) is 14.8. The second-order valence-electron chi connectivity index (χ2n) is 9.55. The maximum absolute atomic E-state index is 13.0. The highest BCUT2D eigenvalue weighted by Crippen LogP contribution is 2.23. The molecular formula is C30H35N3O4S. The third kappa shape index (κ3) is 7.44. The van der Waals surface area contributed by atoms with E-state index in [1.165, 1.54) is 5.56 Å². The molecule has 1 amide bonds. The van der Waals surface area contributed by atoms with Gasteiger partial charge in [-0.25, -0.2) is 13.4 Å². The first-order valence-electron chi connectivity index (χ1n) is 13.1. The average Bonchev–Trinajstić information content (AvgIpc) is 3.57. The Morgan fingerprint density at radius 3 is 2.32 bits per heavy atom. The maximum atomic E-state index is 13.0. The summed E-state index contributed by atoms with van der Waals surface area (Å²) in [6.07, 6.45) is 7.88. The van der Waals surface area contributed by atoms with Crippen molar-refractivity contribution in [2.24, 2.45) is 0 Å². The standard InChI is InChI=1S/C30H35N3O4S/c1-3-4-21-38(35,36)32-29(34)28(33-19-8-9-20-33)22-25-17-15-24(16-18-25)11-10-14-27-23(2)37-30(31-27)26-12-6-5-7-13-26/h5-9,12-13,15-20,28H,3-4,10-11,14,21-22H2,1-2H3,(H,32,34). The van der Waals surface area contributed by atoms with Crippen molar-refractivity contribution >= 4 is 15.9 Å². The van der Waals surface area contributed by atoms with Gasteiger partial charge >= 0.3 is 0 Å². The lowest BCUT2D eigenvalue weighted by atomic mass is 10.0. The van der Waals surface area contributed by atoms with E-state index in [-0.39, 0.29) is 5.75 Å². The Kier molecular flexibility index (Phi) is 9.18. The molecule has 200 valence electrons. The van der Waals surface area contributed by atoms with Crippen molar-refractivity contribution in [3.05, 3.63) is 102 Å². The second-order valence-corrected chi connectivity index (χ2v) is 11.4. The fourth-order valence-electron chi connectivity index (χ4n) is 4.39. The fraction of sp³-hybridized carbons (Fsp3) is 0.333. The van der Waals surface area contributed by atoms with Gasteiger partial charge in [0.1, 0.15) is 11.8 Å². The Labute approximate surface area is 225 Å². The average molecular weight is 534 g/mol. The number of benzene rings is 2. The van der Waals surface area contributed by atoms with E-state index in [9.17, 15) is 13.2 Å². The number of carbonyl (C=O) groups is 1. The molecular weight excluding hydrogens is 498 g/mol. The van der Waals surface area contributed by atoms with Gasteiger partial charge in [0.2, 0.25) is 15.9 Å². The van der Waals surface area contributed by atoms with Gasteiger partial charge in [0.25, 0.3) is 5.91 Å². The van der Waals surface area contributed by atoms with Gasteiger partial charge in [0.05, 0.1) is 11.4 Å². The number of rotatable bonds is 13. The van der Waals surface area contributed by atoms with Crippen LogP contribution >= 0.6 is 0 Å². The Bertz CT molecular complexity index is 1410. The van der Waals surface area contributed by atoms with Gasteiger partial charge in [0.15, 0.2) is 0 Å². The maximum Gasteiger partial charge on any atom is 0.256 e. The van der Waals surface area contributed by atoms with E-state index >= 15 is 0 Å². The number of oxazole rings is 1. The van der Waals surface area contributed by atoms with Crippen molar-refractivity contribution in [2.75, 3.05) is 5.75 Å². The molecule has 2 aromatic carbocycles. The van der Waals surface area contributed by atoms with Crippen molar-refractivity contribution in [1.29, 1.82) is 0 Å². The molecule has 0 aliphatic rings. The van der Waals surface area contributed by atoms with Crippen molar-refractivity contribution < 1.29 is 17.6 Å². The van der Waals surface area contributed by atoms with E-state index in [1.54, 1.807) is 17.0 Å². The van der Waals surface area contributed by atoms with E-state index in [2.05, 4.69) is 16.9 Å². The summed E-state index contributed by atoms with van der Waals surface area (Å²) in [4.78, 5) is 17.7. The van der Waals surface area contributed by atoms with Crippen LogP contribution in [-0.4, -0.2) is 29.6 Å². The summed E-state index contributed by atoms with van der Waals surface area (Å²) in [5, 5.41) is 0. The summed E-state index contributed by atoms with van der Waals surface area (Å²) in [5.41, 5.74) is 4.12. The van der Waals surface area contributed by atoms with Crippen LogP contribution in [0.3, 0.4) is 0 Å². The van der Waals surface area contributed by atoms with Crippen LogP contribution in [0, 0.1) is 6.92 Å². The predicted octanol–water partition coefficient (Wildman–Crippen LogP) is 5.66. The van der Waals surface area contributed by atoms with Crippen LogP contribution in [0.5, 0.6) is 0 Å². The highest BCUT2D eigenvalue weighted by Gasteiger charge is 2.24. The predicted molar refractivity (Wildman–Crippen MR) is 149 cm³/mol. The smallest absolute Gasteiger partial charge is 0.256 e. The Morgan fingerprint density at radius 1 is 0.947 bits per heavy atom. The number of hydrogen-bond acceptors (Lipinski definition) is 5. The molecule has 1 unspecified atom stereocenters. The molecule has 1 atom stereocenters. The lowest BCUT2D eigenvalue weighted by molar-refractivity contribution is -0.122. The zero-order valence-corrected chi connectivity index (χ0v) is 22.8. The number of amides is 1. The number of nitrogens with one attached hydrogen (secondary N) is 1. The fourth-order valence-corrected chi connectivity index (χ4v) is 5.60. The molecule has 4 rings (SSSR count). The lowest BCUT2D eigenvalue weighted by Crippen LogP contribution is -2.38. The molecule has 2 aromatic heterocycles. The van der Waals surface area contributed by atoms with E-state index in [0.717, 1.165) is 48.3 Å². The van der Waals surface area contributed by atoms with Crippen LogP contribution in [0.2, 0.25) is 0 Å². The molecule has 0 radical (unpaired) electrons. The summed E-state index contributed by atoms with van der Waals surface area (Å²) in [5.74, 6) is 0.940. The monoisotopic (exact) mass is 533 g/mol. The Hall–Kier alpha value is -3.65. The quantitative estimate of drug-likeness (QED) is 0.239. The van der Waals surface area contributed by atoms with Gasteiger partial charge in [-0.3, -0.25) is 9.52 Å². The number of aryl methyl sites for hydroxylation is 3. The van der Waals surface area contributed by atoms with E-state index in [0.29, 0.717) is 18.7 Å². The van der Waals surface area contributed by atoms with Crippen molar-refractivity contribution in [1.82, 2.24) is 14.3 Å². The van der Waals surface area contributed by atoms with Crippen LogP contribution < -0.4 is 4.72 Å². The minimum absolute atomic E-state index is 0.0518. The number of sulfonamides is 1. The largest absolute Gasteiger partial charge is 0.441 e. The molecule has 0 saturated heterocycles. The highest BCUT2D eigenvalue weighted by atomic mass is 32.2. The Morgan fingerprint density at radius 2 is 1.63 bits per heavy atom. The van der Waals surface area contributed by atoms with Crippen LogP contribution in [0.4, 0.5) is 0 Å². The normalized spacial score (nSPS) is 12.4. The molecule has 4 aromatic rings. The Balaban J connectivity index is 1.35. The van der Waals surface area contributed by atoms with Crippen LogP contribution in [0.15, 0.2) is 83.5 Å². The van der Waals surface area contributed by atoms with Crippen LogP contribution in [0.25, 0.3) is 11.5 Å². The number of aromatic nitrogens is 2. The summed E-state index contributed by atoms with van der Waals surface area (Å²) in [6.45, 7) is 3.87.